The molecule has 0 aliphatic carbocycles. The predicted octanol–water partition coefficient (Wildman–Crippen LogP) is -0.528. The molecule has 0 amide bonds. The molecule has 106 valence electrons. The van der Waals surface area contributed by atoms with Crippen LogP contribution in [0.2, 0.25) is 0 Å². The maximum atomic E-state index is 11.9. The number of rotatable bonds is 4. The number of aryl methyl sites for hydroxylation is 2. The van der Waals surface area contributed by atoms with Gasteiger partial charge in [-0.15, -0.1) is 0 Å². The molecule has 0 aromatic carbocycles. The molecule has 0 radical (unpaired) electrons. The predicted molar refractivity (Wildman–Crippen MR) is 74.2 cm³/mol. The summed E-state index contributed by atoms with van der Waals surface area (Å²) in [6, 6.07) is 1.82. The molecule has 1 N–H and O–H groups in total. The molecule has 0 aliphatic heterocycles. The van der Waals surface area contributed by atoms with Gasteiger partial charge in [-0.1, -0.05) is 0 Å². The summed E-state index contributed by atoms with van der Waals surface area (Å²) in [5.74, 6) is 0.710. The Morgan fingerprint density at radius 3 is 2.70 bits per heavy atom. The van der Waals surface area contributed by atoms with Gasteiger partial charge in [0, 0.05) is 45.1 Å². The van der Waals surface area contributed by atoms with E-state index in [1.165, 1.54) is 11.6 Å². The Balaban J connectivity index is 2.09. The van der Waals surface area contributed by atoms with Crippen molar-refractivity contribution >= 4 is 0 Å². The van der Waals surface area contributed by atoms with Crippen LogP contribution >= 0.6 is 0 Å². The summed E-state index contributed by atoms with van der Waals surface area (Å²) in [6.07, 6.45) is 3.26. The molecular weight excluding hydrogens is 258 g/mol. The van der Waals surface area contributed by atoms with Gasteiger partial charge in [0.1, 0.15) is 5.82 Å². The van der Waals surface area contributed by atoms with E-state index in [2.05, 4.69) is 15.3 Å². The van der Waals surface area contributed by atoms with E-state index in [4.69, 9.17) is 0 Å². The van der Waals surface area contributed by atoms with Crippen molar-refractivity contribution in [2.45, 2.75) is 20.0 Å². The van der Waals surface area contributed by atoms with Gasteiger partial charge in [0.15, 0.2) is 0 Å². The topological polar surface area (TPSA) is 81.8 Å². The van der Waals surface area contributed by atoms with Crippen LogP contribution < -0.4 is 16.6 Å². The van der Waals surface area contributed by atoms with Gasteiger partial charge >= 0.3 is 5.69 Å². The maximum absolute atomic E-state index is 11.9. The van der Waals surface area contributed by atoms with Crippen molar-refractivity contribution in [1.29, 1.82) is 0 Å². The van der Waals surface area contributed by atoms with Crippen LogP contribution in [-0.2, 0) is 27.2 Å². The Morgan fingerprint density at radius 1 is 1.25 bits per heavy atom. The highest BCUT2D eigenvalue weighted by Gasteiger charge is 2.06. The molecule has 0 unspecified atom stereocenters. The van der Waals surface area contributed by atoms with Crippen LogP contribution in [0.5, 0.6) is 0 Å². The van der Waals surface area contributed by atoms with Crippen LogP contribution in [0.3, 0.4) is 0 Å². The molecule has 2 heterocycles. The summed E-state index contributed by atoms with van der Waals surface area (Å²) in [7, 11) is 3.10. The van der Waals surface area contributed by atoms with Crippen LogP contribution in [-0.4, -0.2) is 19.1 Å². The molecule has 2 aromatic heterocycles. The van der Waals surface area contributed by atoms with E-state index < -0.39 is 0 Å². The lowest BCUT2D eigenvalue weighted by Crippen LogP contribution is -2.39. The maximum Gasteiger partial charge on any atom is 0.330 e. The third-order valence-corrected chi connectivity index (χ3v) is 2.97. The van der Waals surface area contributed by atoms with Crippen LogP contribution in [0.25, 0.3) is 0 Å². The Hall–Kier alpha value is -2.28. The van der Waals surface area contributed by atoms with Gasteiger partial charge < -0.3 is 9.88 Å². The Bertz CT molecular complexity index is 732. The zero-order chi connectivity index (χ0) is 14.7. The number of hydrogen-bond donors (Lipinski definition) is 1. The monoisotopic (exact) mass is 275 g/mol. The van der Waals surface area contributed by atoms with Gasteiger partial charge in [-0.05, 0) is 13.0 Å². The minimum atomic E-state index is -0.329. The molecule has 7 heteroatoms. The van der Waals surface area contributed by atoms with Crippen LogP contribution in [0.15, 0.2) is 28.0 Å². The highest BCUT2D eigenvalue weighted by Crippen LogP contribution is 1.95. The van der Waals surface area contributed by atoms with Crippen molar-refractivity contribution in [3.63, 3.8) is 0 Å². The van der Waals surface area contributed by atoms with Crippen molar-refractivity contribution in [1.82, 2.24) is 24.4 Å². The quantitative estimate of drug-likeness (QED) is 0.811. The molecule has 0 saturated carbocycles. The molecular formula is C13H17N5O2. The van der Waals surface area contributed by atoms with Crippen molar-refractivity contribution < 1.29 is 0 Å². The minimum absolute atomic E-state index is 0.278. The molecule has 0 aliphatic rings. The van der Waals surface area contributed by atoms with Gasteiger partial charge in [0.05, 0.1) is 5.69 Å². The fraction of sp³-hybridized carbons (Fsp3) is 0.385. The summed E-state index contributed by atoms with van der Waals surface area (Å²) in [6.45, 7) is 2.74. The standard InChI is InChI=1S/C13H17N5O2/c1-9-15-5-4-11(16-9)7-14-6-10-8-17(2)13(20)18(3)12(10)19/h4-5,8,14H,6-7H2,1-3H3. The van der Waals surface area contributed by atoms with E-state index in [0.29, 0.717) is 24.5 Å². The van der Waals surface area contributed by atoms with Crippen molar-refractivity contribution in [3.05, 3.63) is 56.4 Å². The number of aromatic nitrogens is 4. The summed E-state index contributed by atoms with van der Waals surface area (Å²) >= 11 is 0. The third-order valence-electron chi connectivity index (χ3n) is 2.97. The zero-order valence-electron chi connectivity index (χ0n) is 11.8. The SMILES string of the molecule is Cc1nccc(CNCc2cn(C)c(=O)n(C)c2=O)n1. The third kappa shape index (κ3) is 3.00. The minimum Gasteiger partial charge on any atom is -0.307 e. The summed E-state index contributed by atoms with van der Waals surface area (Å²) < 4.78 is 2.50. The van der Waals surface area contributed by atoms with Crippen LogP contribution in [0, 0.1) is 6.92 Å². The smallest absolute Gasteiger partial charge is 0.307 e. The highest BCUT2D eigenvalue weighted by molar-refractivity contribution is 5.06. The fourth-order valence-corrected chi connectivity index (χ4v) is 1.93. The largest absolute Gasteiger partial charge is 0.330 e. The van der Waals surface area contributed by atoms with Crippen molar-refractivity contribution in [3.8, 4) is 0 Å². The molecule has 0 atom stereocenters. The molecule has 0 saturated heterocycles. The number of nitrogens with zero attached hydrogens (tertiary/aromatic N) is 4. The van der Waals surface area contributed by atoms with Crippen molar-refractivity contribution in [2.24, 2.45) is 14.1 Å². The first kappa shape index (κ1) is 14.1. The van der Waals surface area contributed by atoms with Crippen molar-refractivity contribution in [2.75, 3.05) is 0 Å². The van der Waals surface area contributed by atoms with E-state index in [1.807, 2.05) is 13.0 Å². The lowest BCUT2D eigenvalue weighted by molar-refractivity contribution is 0.624. The summed E-state index contributed by atoms with van der Waals surface area (Å²) in [5.41, 5.74) is 0.796. The fourth-order valence-electron chi connectivity index (χ4n) is 1.93. The highest BCUT2D eigenvalue weighted by atomic mass is 16.2. The van der Waals surface area contributed by atoms with E-state index >= 15 is 0 Å². The second kappa shape index (κ2) is 5.79. The first-order valence-corrected chi connectivity index (χ1v) is 6.24. The van der Waals surface area contributed by atoms with Crippen LogP contribution in [0.4, 0.5) is 0 Å². The molecule has 0 spiro atoms. The average Bonchev–Trinajstić information content (AvgIpc) is 2.42. The van der Waals surface area contributed by atoms with E-state index in [9.17, 15) is 9.59 Å². The molecule has 2 rings (SSSR count). The molecule has 2 aromatic rings. The zero-order valence-corrected chi connectivity index (χ0v) is 11.8. The van der Waals surface area contributed by atoms with Gasteiger partial charge in [-0.2, -0.15) is 0 Å². The molecule has 0 fully saturated rings. The lowest BCUT2D eigenvalue weighted by Gasteiger charge is -2.08. The number of nitrogens with one attached hydrogen (secondary N) is 1. The Labute approximate surface area is 115 Å². The van der Waals surface area contributed by atoms with E-state index in [1.54, 1.807) is 19.4 Å². The molecule has 20 heavy (non-hydrogen) atoms. The van der Waals surface area contributed by atoms with Gasteiger partial charge in [0.2, 0.25) is 0 Å². The second-order valence-electron chi connectivity index (χ2n) is 4.61. The normalized spacial score (nSPS) is 10.8. The molecule has 0 bridgehead atoms. The second-order valence-corrected chi connectivity index (χ2v) is 4.61. The van der Waals surface area contributed by atoms with E-state index in [0.717, 1.165) is 10.3 Å². The van der Waals surface area contributed by atoms with Gasteiger partial charge in [-0.25, -0.2) is 14.8 Å². The Kier molecular flexibility index (Phi) is 4.09. The van der Waals surface area contributed by atoms with Gasteiger partial charge in [-0.3, -0.25) is 9.36 Å². The van der Waals surface area contributed by atoms with E-state index in [-0.39, 0.29) is 11.2 Å². The summed E-state index contributed by atoms with van der Waals surface area (Å²) in [4.78, 5) is 31.8. The van der Waals surface area contributed by atoms with Crippen LogP contribution in [0.1, 0.15) is 17.1 Å². The lowest BCUT2D eigenvalue weighted by atomic mass is 10.3. The average molecular weight is 275 g/mol. The molecule has 7 nitrogen and oxygen atoms in total. The van der Waals surface area contributed by atoms with Gasteiger partial charge in [0.25, 0.3) is 5.56 Å². The first-order valence-electron chi connectivity index (χ1n) is 6.24. The number of hydrogen-bond acceptors (Lipinski definition) is 5. The Morgan fingerprint density at radius 2 is 2.00 bits per heavy atom. The summed E-state index contributed by atoms with van der Waals surface area (Å²) in [5, 5.41) is 3.14. The first-order chi connectivity index (χ1) is 9.49.